The van der Waals surface area contributed by atoms with Crippen molar-refractivity contribution in [3.8, 4) is 34.5 Å². The van der Waals surface area contributed by atoms with Crippen molar-refractivity contribution in [2.75, 3.05) is 0 Å². The summed E-state index contributed by atoms with van der Waals surface area (Å²) in [5, 5.41) is 109. The van der Waals surface area contributed by atoms with Crippen LogP contribution in [0.2, 0.25) is 0 Å². The molecule has 0 aliphatic rings. The largest absolute Gasteiger partial charge is 2.00 e. The van der Waals surface area contributed by atoms with Gasteiger partial charge in [0.1, 0.15) is 0 Å². The maximum atomic E-state index is 10.9. The minimum atomic E-state index is -0.0741. The van der Waals surface area contributed by atoms with Crippen molar-refractivity contribution in [1.29, 1.82) is 32.5 Å². The van der Waals surface area contributed by atoms with Crippen LogP contribution in [0.3, 0.4) is 0 Å². The van der Waals surface area contributed by atoms with Crippen molar-refractivity contribution in [3.05, 3.63) is 179 Å². The topological polar surface area (TPSA) is 281 Å². The predicted molar refractivity (Wildman–Crippen MR) is 230 cm³/mol. The molecule has 0 aliphatic heterocycles. The van der Waals surface area contributed by atoms with Crippen molar-refractivity contribution in [3.63, 3.8) is 0 Å². The van der Waals surface area contributed by atoms with Crippen LogP contribution in [-0.4, -0.2) is 34.3 Å². The SMILES string of the molecule is CC(=N)c1ccccc1[O-].CC(=N)c1ccccc1[O-].CC(=N)c1ccccc1[O-].CC(=N)c1ccccc1[O-].CC(=N)c1ccccc1[O-].CC(=N)c1ccccc1[O-].[Ni+2].[Ni+2].[Ni+2]. The fourth-order valence-corrected chi connectivity index (χ4v) is 4.66. The summed E-state index contributed by atoms with van der Waals surface area (Å²) in [6.07, 6.45) is 0. The number of para-hydroxylation sites is 6. The smallest absolute Gasteiger partial charge is 0.872 e. The summed E-state index contributed by atoms with van der Waals surface area (Å²) in [6.45, 7) is 9.65. The van der Waals surface area contributed by atoms with Crippen molar-refractivity contribution in [2.24, 2.45) is 0 Å². The van der Waals surface area contributed by atoms with Gasteiger partial charge in [0, 0.05) is 34.3 Å². The second-order valence-electron chi connectivity index (χ2n) is 12.7. The molecule has 0 saturated heterocycles. The third-order valence-electron chi connectivity index (χ3n) is 7.75. The van der Waals surface area contributed by atoms with Crippen molar-refractivity contribution >= 4 is 34.3 Å². The molecule has 15 heteroatoms. The molecule has 0 fully saturated rings. The summed E-state index contributed by atoms with van der Waals surface area (Å²) >= 11 is 0. The molecule has 63 heavy (non-hydrogen) atoms. The molecular weight excluding hydrogens is 933 g/mol. The van der Waals surface area contributed by atoms with Gasteiger partial charge in [-0.2, -0.15) is 0 Å². The Hall–Kier alpha value is -6.38. The van der Waals surface area contributed by atoms with Gasteiger partial charge < -0.3 is 63.1 Å². The summed E-state index contributed by atoms with van der Waals surface area (Å²) < 4.78 is 0. The standard InChI is InChI=1S/6C8H9NO.3Ni/c6*1-6(9)7-4-2-3-5-8(7)10;;;/h6*2-5,9-10H,1H3;;;/q;;;;;;3*+2/p-6. The van der Waals surface area contributed by atoms with Gasteiger partial charge in [-0.25, -0.2) is 0 Å². The Morgan fingerprint density at radius 1 is 0.238 bits per heavy atom. The summed E-state index contributed by atoms with van der Waals surface area (Å²) in [4.78, 5) is 0. The molecule has 0 spiro atoms. The first-order chi connectivity index (χ1) is 28.3. The zero-order chi connectivity index (χ0) is 45.4. The number of rotatable bonds is 6. The summed E-state index contributed by atoms with van der Waals surface area (Å²) in [7, 11) is 0. The van der Waals surface area contributed by atoms with Gasteiger partial charge in [0.15, 0.2) is 0 Å². The number of nitrogens with one attached hydrogen (secondary N) is 6. The molecule has 0 aromatic heterocycles. The Bertz CT molecular complexity index is 1980. The molecule has 336 valence electrons. The van der Waals surface area contributed by atoms with Gasteiger partial charge in [0.25, 0.3) is 0 Å². The van der Waals surface area contributed by atoms with Crippen LogP contribution in [-0.2, 0) is 49.5 Å². The van der Waals surface area contributed by atoms with Gasteiger partial charge in [-0.3, -0.25) is 0 Å². The number of hydrogen-bond donors (Lipinski definition) is 6. The second kappa shape index (κ2) is 32.3. The van der Waals surface area contributed by atoms with E-state index in [1.165, 1.54) is 36.4 Å². The molecule has 0 radical (unpaired) electrons. The van der Waals surface area contributed by atoms with E-state index in [0.29, 0.717) is 67.7 Å². The van der Waals surface area contributed by atoms with E-state index in [0.717, 1.165) is 0 Å². The monoisotopic (exact) mass is 978 g/mol. The second-order valence-corrected chi connectivity index (χ2v) is 12.7. The van der Waals surface area contributed by atoms with E-state index in [4.69, 9.17) is 32.5 Å². The van der Waals surface area contributed by atoms with E-state index in [1.54, 1.807) is 151 Å². The first-order valence-corrected chi connectivity index (χ1v) is 18.2. The first kappa shape index (κ1) is 60.9. The average molecular weight is 981 g/mol. The van der Waals surface area contributed by atoms with Gasteiger partial charge in [-0.15, -0.1) is 0 Å². The van der Waals surface area contributed by atoms with Crippen molar-refractivity contribution in [1.82, 2.24) is 0 Å². The van der Waals surface area contributed by atoms with Gasteiger partial charge in [-0.05, 0) is 74.9 Å². The van der Waals surface area contributed by atoms with Crippen LogP contribution in [0.4, 0.5) is 0 Å². The molecule has 0 atom stereocenters. The van der Waals surface area contributed by atoms with E-state index in [9.17, 15) is 30.6 Å². The molecule has 0 amide bonds. The fraction of sp³-hybridized carbons (Fsp3) is 0.125. The first-order valence-electron chi connectivity index (χ1n) is 18.2. The van der Waals surface area contributed by atoms with Crippen LogP contribution in [0.5, 0.6) is 34.5 Å². The Morgan fingerprint density at radius 2 is 0.333 bits per heavy atom. The molecule has 6 aromatic carbocycles. The molecular formula is C48H48N6Ni3O6. The predicted octanol–water partition coefficient (Wildman–Crippen LogP) is 6.88. The van der Waals surface area contributed by atoms with Crippen molar-refractivity contribution in [2.45, 2.75) is 41.5 Å². The van der Waals surface area contributed by atoms with Crippen molar-refractivity contribution < 1.29 is 80.1 Å². The Kier molecular flexibility index (Phi) is 31.3. The van der Waals surface area contributed by atoms with Gasteiger partial charge in [-0.1, -0.05) is 180 Å². The third-order valence-corrected chi connectivity index (χ3v) is 7.75. The summed E-state index contributed by atoms with van der Waals surface area (Å²) in [5.74, 6) is -0.444. The molecule has 0 heterocycles. The van der Waals surface area contributed by atoms with Gasteiger partial charge >= 0.3 is 49.5 Å². The average Bonchev–Trinajstić information content (AvgIpc) is 3.19. The summed E-state index contributed by atoms with van der Waals surface area (Å²) in [5.41, 5.74) is 4.88. The minimum Gasteiger partial charge on any atom is -0.872 e. The normalized spacial score (nSPS) is 8.86. The minimum absolute atomic E-state index is 0. The third kappa shape index (κ3) is 22.9. The maximum absolute atomic E-state index is 10.9. The number of benzene rings is 6. The summed E-state index contributed by atoms with van der Waals surface area (Å²) in [6, 6.07) is 39.3. The molecule has 0 bridgehead atoms. The van der Waals surface area contributed by atoms with Crippen LogP contribution in [0.25, 0.3) is 0 Å². The molecule has 0 aliphatic carbocycles. The molecule has 0 unspecified atom stereocenters. The zero-order valence-electron chi connectivity index (χ0n) is 35.3. The molecule has 12 nitrogen and oxygen atoms in total. The maximum Gasteiger partial charge on any atom is 2.00 e. The molecule has 6 aromatic rings. The fourth-order valence-electron chi connectivity index (χ4n) is 4.66. The van der Waals surface area contributed by atoms with Gasteiger partial charge in [0.05, 0.1) is 0 Å². The van der Waals surface area contributed by atoms with E-state index in [-0.39, 0.29) is 84.0 Å². The molecule has 0 saturated carbocycles. The van der Waals surface area contributed by atoms with Gasteiger partial charge in [0.2, 0.25) is 0 Å². The van der Waals surface area contributed by atoms with Crippen LogP contribution in [0.1, 0.15) is 74.9 Å². The van der Waals surface area contributed by atoms with Crippen LogP contribution in [0, 0.1) is 32.5 Å². The van der Waals surface area contributed by atoms with E-state index >= 15 is 0 Å². The van der Waals surface area contributed by atoms with E-state index in [2.05, 4.69) is 0 Å². The Balaban J connectivity index is -0.000000679. The molecule has 6 N–H and O–H groups in total. The van der Waals surface area contributed by atoms with E-state index in [1.807, 2.05) is 0 Å². The Morgan fingerprint density at radius 3 is 0.397 bits per heavy atom. The van der Waals surface area contributed by atoms with Crippen LogP contribution < -0.4 is 30.6 Å². The Labute approximate surface area is 399 Å². The van der Waals surface area contributed by atoms with E-state index < -0.39 is 0 Å². The molecule has 6 rings (SSSR count). The van der Waals surface area contributed by atoms with Crippen LogP contribution >= 0.6 is 0 Å². The quantitative estimate of drug-likeness (QED) is 0.0764. The zero-order valence-corrected chi connectivity index (χ0v) is 38.2. The van der Waals surface area contributed by atoms with Crippen LogP contribution in [0.15, 0.2) is 146 Å². The number of hydrogen-bond acceptors (Lipinski definition) is 12.